The summed E-state index contributed by atoms with van der Waals surface area (Å²) in [6.07, 6.45) is 3.11. The van der Waals surface area contributed by atoms with Gasteiger partial charge < -0.3 is 5.73 Å². The van der Waals surface area contributed by atoms with E-state index >= 15 is 0 Å². The summed E-state index contributed by atoms with van der Waals surface area (Å²) < 4.78 is 0. The maximum atomic E-state index is 12.0. The highest BCUT2D eigenvalue weighted by atomic mass is 16.2. The van der Waals surface area contributed by atoms with E-state index in [0.29, 0.717) is 11.8 Å². The fourth-order valence-electron chi connectivity index (χ4n) is 3.78. The third kappa shape index (κ3) is 1.08. The number of rotatable bonds is 2. The molecule has 86 valence electrons. The topological polar surface area (TPSA) is 80.5 Å². The van der Waals surface area contributed by atoms with Crippen molar-refractivity contribution in [1.82, 2.24) is 4.90 Å². The highest BCUT2D eigenvalue weighted by Crippen LogP contribution is 2.55. The molecule has 16 heavy (non-hydrogen) atoms. The molecule has 1 heterocycles. The Bertz CT molecular complexity index is 365. The minimum absolute atomic E-state index is 0.148. The van der Waals surface area contributed by atoms with Crippen molar-refractivity contribution in [1.29, 1.82) is 0 Å². The molecule has 0 spiro atoms. The molecule has 2 aliphatic carbocycles. The van der Waals surface area contributed by atoms with E-state index in [9.17, 15) is 14.4 Å². The van der Waals surface area contributed by atoms with Crippen molar-refractivity contribution < 1.29 is 14.4 Å². The third-order valence-electron chi connectivity index (χ3n) is 4.33. The molecule has 0 aromatic carbocycles. The summed E-state index contributed by atoms with van der Waals surface area (Å²) in [7, 11) is 0. The normalized spacial score (nSPS) is 40.6. The van der Waals surface area contributed by atoms with Gasteiger partial charge in [0.15, 0.2) is 0 Å². The molecular formula is C11H14N2O3. The molecule has 2 N–H and O–H groups in total. The SMILES string of the molecule is NC(=O)CN1C(=O)[C@@H]2[C@H]3CC[C@@H](C3)[C@H]2C1=O. The predicted octanol–water partition coefficient (Wildman–Crippen LogP) is -0.497. The molecule has 0 aromatic heterocycles. The Hall–Kier alpha value is -1.39. The standard InChI is InChI=1S/C11H14N2O3/c12-7(14)4-13-10(15)8-5-1-2-6(3-5)9(8)11(13)16/h5-6,8-9H,1-4H2,(H2,12,14)/t5-,6-,8+,9+/m0/s1. The number of carbonyl (C=O) groups excluding carboxylic acids is 3. The Morgan fingerprint density at radius 3 is 2.12 bits per heavy atom. The van der Waals surface area contributed by atoms with Crippen LogP contribution in [0.5, 0.6) is 0 Å². The number of primary amides is 1. The van der Waals surface area contributed by atoms with Crippen molar-refractivity contribution >= 4 is 17.7 Å². The van der Waals surface area contributed by atoms with Gasteiger partial charge in [-0.05, 0) is 31.1 Å². The van der Waals surface area contributed by atoms with Crippen LogP contribution in [-0.4, -0.2) is 29.2 Å². The zero-order valence-corrected chi connectivity index (χ0v) is 8.89. The van der Waals surface area contributed by atoms with Gasteiger partial charge in [-0.15, -0.1) is 0 Å². The van der Waals surface area contributed by atoms with E-state index in [1.165, 1.54) is 0 Å². The lowest BCUT2D eigenvalue weighted by Gasteiger charge is -2.19. The monoisotopic (exact) mass is 222 g/mol. The molecular weight excluding hydrogens is 208 g/mol. The number of hydrogen-bond acceptors (Lipinski definition) is 3. The van der Waals surface area contributed by atoms with Gasteiger partial charge in [-0.25, -0.2) is 0 Å². The van der Waals surface area contributed by atoms with Crippen molar-refractivity contribution in [3.63, 3.8) is 0 Å². The zero-order valence-electron chi connectivity index (χ0n) is 8.89. The van der Waals surface area contributed by atoms with Gasteiger partial charge >= 0.3 is 0 Å². The molecule has 3 fully saturated rings. The summed E-state index contributed by atoms with van der Waals surface area (Å²) in [5.41, 5.74) is 5.05. The first kappa shape index (κ1) is 9.81. The van der Waals surface area contributed by atoms with Crippen molar-refractivity contribution in [2.24, 2.45) is 29.4 Å². The quantitative estimate of drug-likeness (QED) is 0.640. The van der Waals surface area contributed by atoms with Crippen LogP contribution in [0.3, 0.4) is 0 Å². The van der Waals surface area contributed by atoms with E-state index in [0.717, 1.165) is 24.2 Å². The van der Waals surface area contributed by atoms with Crippen LogP contribution in [0.2, 0.25) is 0 Å². The van der Waals surface area contributed by atoms with E-state index in [4.69, 9.17) is 5.73 Å². The molecule has 0 radical (unpaired) electrons. The second-order valence-electron chi connectivity index (χ2n) is 5.11. The van der Waals surface area contributed by atoms with Gasteiger partial charge in [0, 0.05) is 0 Å². The highest BCUT2D eigenvalue weighted by molar-refractivity contribution is 6.08. The van der Waals surface area contributed by atoms with E-state index in [2.05, 4.69) is 0 Å². The Kier molecular flexibility index (Phi) is 1.87. The van der Waals surface area contributed by atoms with Crippen LogP contribution in [0.4, 0.5) is 0 Å². The lowest BCUT2D eigenvalue weighted by molar-refractivity contribution is -0.143. The third-order valence-corrected chi connectivity index (χ3v) is 4.33. The number of imide groups is 1. The predicted molar refractivity (Wildman–Crippen MR) is 53.7 cm³/mol. The van der Waals surface area contributed by atoms with Crippen LogP contribution in [-0.2, 0) is 14.4 Å². The summed E-state index contributed by atoms with van der Waals surface area (Å²) in [6.45, 7) is -0.246. The first-order chi connectivity index (χ1) is 7.59. The number of nitrogens with two attached hydrogens (primary N) is 1. The Morgan fingerprint density at radius 1 is 1.19 bits per heavy atom. The lowest BCUT2D eigenvalue weighted by atomic mass is 9.81. The van der Waals surface area contributed by atoms with E-state index in [1.807, 2.05) is 0 Å². The molecule has 5 heteroatoms. The Balaban J connectivity index is 1.89. The molecule has 3 aliphatic rings. The van der Waals surface area contributed by atoms with Crippen LogP contribution in [0, 0.1) is 23.7 Å². The summed E-state index contributed by atoms with van der Waals surface area (Å²) >= 11 is 0. The number of amides is 3. The number of hydrogen-bond donors (Lipinski definition) is 1. The first-order valence-electron chi connectivity index (χ1n) is 5.73. The van der Waals surface area contributed by atoms with E-state index in [1.54, 1.807) is 0 Å². The van der Waals surface area contributed by atoms with Crippen molar-refractivity contribution in [2.45, 2.75) is 19.3 Å². The number of carbonyl (C=O) groups is 3. The van der Waals surface area contributed by atoms with Crippen molar-refractivity contribution in [3.05, 3.63) is 0 Å². The number of fused-ring (bicyclic) bond motifs is 5. The maximum absolute atomic E-state index is 12.0. The van der Waals surface area contributed by atoms with Crippen LogP contribution in [0.1, 0.15) is 19.3 Å². The first-order valence-corrected chi connectivity index (χ1v) is 5.73. The second-order valence-corrected chi connectivity index (χ2v) is 5.11. The summed E-state index contributed by atoms with van der Waals surface area (Å²) in [5, 5.41) is 0. The van der Waals surface area contributed by atoms with E-state index in [-0.39, 0.29) is 30.2 Å². The number of likely N-dealkylation sites (tertiary alicyclic amines) is 1. The molecule has 4 atom stereocenters. The minimum atomic E-state index is -0.617. The van der Waals surface area contributed by atoms with Gasteiger partial charge in [0.1, 0.15) is 6.54 Å². The van der Waals surface area contributed by atoms with Gasteiger partial charge in [0.2, 0.25) is 17.7 Å². The fraction of sp³-hybridized carbons (Fsp3) is 0.727. The molecule has 5 nitrogen and oxygen atoms in total. The fourth-order valence-corrected chi connectivity index (χ4v) is 3.78. The summed E-state index contributed by atoms with van der Waals surface area (Å²) in [6, 6.07) is 0. The Labute approximate surface area is 93.0 Å². The van der Waals surface area contributed by atoms with Crippen LogP contribution >= 0.6 is 0 Å². The molecule has 3 amide bonds. The van der Waals surface area contributed by atoms with E-state index < -0.39 is 5.91 Å². The summed E-state index contributed by atoms with van der Waals surface area (Å²) in [5.74, 6) is -0.513. The summed E-state index contributed by atoms with van der Waals surface area (Å²) in [4.78, 5) is 35.9. The van der Waals surface area contributed by atoms with Crippen LogP contribution < -0.4 is 5.73 Å². The second kappa shape index (κ2) is 3.06. The zero-order chi connectivity index (χ0) is 11.4. The molecule has 0 unspecified atom stereocenters. The van der Waals surface area contributed by atoms with Crippen LogP contribution in [0.15, 0.2) is 0 Å². The van der Waals surface area contributed by atoms with Crippen molar-refractivity contribution in [2.75, 3.05) is 6.54 Å². The maximum Gasteiger partial charge on any atom is 0.237 e. The molecule has 2 bridgehead atoms. The molecule has 1 saturated heterocycles. The molecule has 1 aliphatic heterocycles. The minimum Gasteiger partial charge on any atom is -0.368 e. The van der Waals surface area contributed by atoms with Gasteiger partial charge in [-0.2, -0.15) is 0 Å². The smallest absolute Gasteiger partial charge is 0.237 e. The number of nitrogens with zero attached hydrogens (tertiary/aromatic N) is 1. The molecule has 0 aromatic rings. The largest absolute Gasteiger partial charge is 0.368 e. The Morgan fingerprint density at radius 2 is 1.69 bits per heavy atom. The highest BCUT2D eigenvalue weighted by Gasteiger charge is 2.60. The molecule has 3 rings (SSSR count). The average molecular weight is 222 g/mol. The lowest BCUT2D eigenvalue weighted by Crippen LogP contribution is -2.39. The van der Waals surface area contributed by atoms with Crippen molar-refractivity contribution in [3.8, 4) is 0 Å². The van der Waals surface area contributed by atoms with Crippen LogP contribution in [0.25, 0.3) is 0 Å². The molecule has 2 saturated carbocycles. The van der Waals surface area contributed by atoms with Gasteiger partial charge in [0.05, 0.1) is 11.8 Å². The van der Waals surface area contributed by atoms with Gasteiger partial charge in [0.25, 0.3) is 0 Å². The van der Waals surface area contributed by atoms with Gasteiger partial charge in [-0.1, -0.05) is 0 Å². The van der Waals surface area contributed by atoms with Gasteiger partial charge in [-0.3, -0.25) is 19.3 Å². The average Bonchev–Trinajstić information content (AvgIpc) is 2.87.